The first kappa shape index (κ1) is 12.2. The van der Waals surface area contributed by atoms with Crippen molar-refractivity contribution in [1.29, 1.82) is 0 Å². The lowest BCUT2D eigenvalue weighted by Crippen LogP contribution is -2.09. The fourth-order valence-electron chi connectivity index (χ4n) is 1.18. The van der Waals surface area contributed by atoms with E-state index in [4.69, 9.17) is 14.6 Å². The van der Waals surface area contributed by atoms with Gasteiger partial charge < -0.3 is 14.6 Å². The zero-order valence-corrected chi connectivity index (χ0v) is 9.02. The Morgan fingerprint density at radius 2 is 1.81 bits per heavy atom. The number of rotatable bonds is 3. The molecule has 0 heterocycles. The number of carbonyl (C=O) groups is 2. The summed E-state index contributed by atoms with van der Waals surface area (Å²) in [7, 11) is 0. The van der Waals surface area contributed by atoms with Gasteiger partial charge in [-0.2, -0.15) is 0 Å². The van der Waals surface area contributed by atoms with Gasteiger partial charge >= 0.3 is 11.9 Å². The summed E-state index contributed by atoms with van der Waals surface area (Å²) in [5.74, 6) is -0.875. The minimum atomic E-state index is -0.547. The highest BCUT2D eigenvalue weighted by atomic mass is 16.6. The third-order valence-corrected chi connectivity index (χ3v) is 1.73. The van der Waals surface area contributed by atoms with Crippen LogP contribution in [0.25, 0.3) is 0 Å². The third-order valence-electron chi connectivity index (χ3n) is 1.73. The van der Waals surface area contributed by atoms with Gasteiger partial charge in [-0.05, 0) is 6.07 Å². The molecule has 0 saturated carbocycles. The predicted octanol–water partition coefficient (Wildman–Crippen LogP) is 1.03. The van der Waals surface area contributed by atoms with Crippen LogP contribution in [0.2, 0.25) is 0 Å². The molecule has 0 bridgehead atoms. The quantitative estimate of drug-likeness (QED) is 0.613. The van der Waals surface area contributed by atoms with Crippen LogP contribution in [0.3, 0.4) is 0 Å². The normalized spacial score (nSPS) is 9.69. The van der Waals surface area contributed by atoms with Gasteiger partial charge in [0.2, 0.25) is 0 Å². The fourth-order valence-corrected chi connectivity index (χ4v) is 1.18. The molecule has 16 heavy (non-hydrogen) atoms. The minimum absolute atomic E-state index is 0.0766. The molecule has 0 aliphatic rings. The van der Waals surface area contributed by atoms with Crippen molar-refractivity contribution < 1.29 is 24.2 Å². The smallest absolute Gasteiger partial charge is 0.308 e. The Morgan fingerprint density at radius 3 is 2.31 bits per heavy atom. The van der Waals surface area contributed by atoms with Crippen molar-refractivity contribution in [3.63, 3.8) is 0 Å². The highest BCUT2D eigenvalue weighted by Gasteiger charge is 2.14. The summed E-state index contributed by atoms with van der Waals surface area (Å²) in [5.41, 5.74) is 0.383. The summed E-state index contributed by atoms with van der Waals surface area (Å²) in [6.45, 7) is 2.16. The molecule has 0 atom stereocenters. The third kappa shape index (κ3) is 3.06. The highest BCUT2D eigenvalue weighted by molar-refractivity contribution is 5.74. The van der Waals surface area contributed by atoms with Gasteiger partial charge in [0.1, 0.15) is 0 Å². The molecule has 0 unspecified atom stereocenters. The van der Waals surface area contributed by atoms with Gasteiger partial charge in [0.05, 0.1) is 6.61 Å². The van der Waals surface area contributed by atoms with Crippen molar-refractivity contribution in [3.05, 3.63) is 23.8 Å². The van der Waals surface area contributed by atoms with Crippen molar-refractivity contribution in [3.8, 4) is 11.5 Å². The van der Waals surface area contributed by atoms with Crippen LogP contribution in [-0.4, -0.2) is 17.0 Å². The summed E-state index contributed by atoms with van der Waals surface area (Å²) in [4.78, 5) is 21.7. The Balaban J connectivity index is 3.14. The molecule has 0 aliphatic carbocycles. The number of aliphatic hydroxyl groups is 1. The zero-order valence-electron chi connectivity index (χ0n) is 9.02. The molecule has 1 aromatic carbocycles. The molecule has 0 amide bonds. The molecule has 0 radical (unpaired) electrons. The number of hydrogen-bond donors (Lipinski definition) is 1. The Morgan fingerprint density at radius 1 is 1.19 bits per heavy atom. The second-order valence-electron chi connectivity index (χ2n) is 3.09. The molecule has 1 rings (SSSR count). The molecule has 0 fully saturated rings. The van der Waals surface area contributed by atoms with Crippen molar-refractivity contribution in [2.24, 2.45) is 0 Å². The van der Waals surface area contributed by atoms with Crippen molar-refractivity contribution in [2.75, 3.05) is 0 Å². The standard InChI is InChI=1S/C11H12O5/c1-7(13)15-10-5-3-4-9(6-12)11(10)16-8(2)14/h3-5,12H,6H2,1-2H3. The van der Waals surface area contributed by atoms with Crippen molar-refractivity contribution in [1.82, 2.24) is 0 Å². The summed E-state index contributed by atoms with van der Waals surface area (Å²) in [5, 5.41) is 9.06. The van der Waals surface area contributed by atoms with Gasteiger partial charge in [-0.3, -0.25) is 9.59 Å². The SMILES string of the molecule is CC(=O)Oc1cccc(CO)c1OC(C)=O. The van der Waals surface area contributed by atoms with Crippen LogP contribution in [0.1, 0.15) is 19.4 Å². The maximum absolute atomic E-state index is 10.9. The molecule has 5 heteroatoms. The Bertz CT molecular complexity index is 411. The van der Waals surface area contributed by atoms with E-state index in [0.29, 0.717) is 5.56 Å². The number of hydrogen-bond acceptors (Lipinski definition) is 5. The van der Waals surface area contributed by atoms with E-state index < -0.39 is 11.9 Å². The first-order valence-electron chi connectivity index (χ1n) is 4.64. The lowest BCUT2D eigenvalue weighted by atomic mass is 10.2. The average molecular weight is 224 g/mol. The van der Waals surface area contributed by atoms with E-state index in [-0.39, 0.29) is 18.1 Å². The highest BCUT2D eigenvalue weighted by Crippen LogP contribution is 2.31. The largest absolute Gasteiger partial charge is 0.423 e. The summed E-state index contributed by atoms with van der Waals surface area (Å²) in [6.07, 6.45) is 0. The lowest BCUT2D eigenvalue weighted by molar-refractivity contribution is -0.134. The fraction of sp³-hybridized carbons (Fsp3) is 0.273. The molecule has 0 saturated heterocycles. The number of benzene rings is 1. The number of aliphatic hydroxyl groups excluding tert-OH is 1. The summed E-state index contributed by atoms with van der Waals surface area (Å²) < 4.78 is 9.75. The maximum Gasteiger partial charge on any atom is 0.308 e. The van der Waals surface area contributed by atoms with Crippen LogP contribution < -0.4 is 9.47 Å². The maximum atomic E-state index is 10.9. The average Bonchev–Trinajstić information content (AvgIpc) is 2.19. The van der Waals surface area contributed by atoms with E-state index in [1.165, 1.54) is 19.9 Å². The molecule has 0 aliphatic heterocycles. The number of carbonyl (C=O) groups excluding carboxylic acids is 2. The topological polar surface area (TPSA) is 72.8 Å². The van der Waals surface area contributed by atoms with E-state index >= 15 is 0 Å². The van der Waals surface area contributed by atoms with Crippen molar-refractivity contribution in [2.45, 2.75) is 20.5 Å². The van der Waals surface area contributed by atoms with E-state index in [1.54, 1.807) is 12.1 Å². The molecule has 0 aromatic heterocycles. The van der Waals surface area contributed by atoms with Gasteiger partial charge in [-0.1, -0.05) is 12.1 Å². The Kier molecular flexibility index (Phi) is 4.02. The summed E-state index contributed by atoms with van der Waals surface area (Å²) >= 11 is 0. The monoisotopic (exact) mass is 224 g/mol. The molecule has 5 nitrogen and oxygen atoms in total. The molecular weight excluding hydrogens is 212 g/mol. The van der Waals surface area contributed by atoms with Gasteiger partial charge in [-0.25, -0.2) is 0 Å². The Labute approximate surface area is 92.6 Å². The number of esters is 2. The first-order chi connectivity index (χ1) is 7.54. The van der Waals surface area contributed by atoms with Crippen LogP contribution in [0.15, 0.2) is 18.2 Å². The second-order valence-corrected chi connectivity index (χ2v) is 3.09. The lowest BCUT2D eigenvalue weighted by Gasteiger charge is -2.11. The Hall–Kier alpha value is -1.88. The number of ether oxygens (including phenoxy) is 2. The van der Waals surface area contributed by atoms with Crippen LogP contribution in [0, 0.1) is 0 Å². The van der Waals surface area contributed by atoms with Gasteiger partial charge in [0.25, 0.3) is 0 Å². The van der Waals surface area contributed by atoms with E-state index in [0.717, 1.165) is 0 Å². The first-order valence-corrected chi connectivity index (χ1v) is 4.64. The molecule has 0 spiro atoms. The van der Waals surface area contributed by atoms with E-state index in [9.17, 15) is 9.59 Å². The van der Waals surface area contributed by atoms with Crippen molar-refractivity contribution >= 4 is 11.9 Å². The zero-order chi connectivity index (χ0) is 12.1. The molecule has 1 aromatic rings. The van der Waals surface area contributed by atoms with E-state index in [2.05, 4.69) is 0 Å². The molecular formula is C11H12O5. The second kappa shape index (κ2) is 5.27. The molecule has 1 N–H and O–H groups in total. The van der Waals surface area contributed by atoms with Crippen LogP contribution in [-0.2, 0) is 16.2 Å². The van der Waals surface area contributed by atoms with Gasteiger partial charge in [0.15, 0.2) is 11.5 Å². The van der Waals surface area contributed by atoms with Gasteiger partial charge in [-0.15, -0.1) is 0 Å². The van der Waals surface area contributed by atoms with E-state index in [1.807, 2.05) is 0 Å². The predicted molar refractivity (Wildman–Crippen MR) is 55.0 cm³/mol. The number of para-hydroxylation sites is 1. The van der Waals surface area contributed by atoms with Crippen LogP contribution >= 0.6 is 0 Å². The van der Waals surface area contributed by atoms with Gasteiger partial charge in [0, 0.05) is 19.4 Å². The van der Waals surface area contributed by atoms with Crippen LogP contribution in [0.5, 0.6) is 11.5 Å². The summed E-state index contributed by atoms with van der Waals surface area (Å²) in [6, 6.07) is 4.65. The molecule has 86 valence electrons. The minimum Gasteiger partial charge on any atom is -0.423 e. The van der Waals surface area contributed by atoms with Crippen LogP contribution in [0.4, 0.5) is 0 Å².